The van der Waals surface area contributed by atoms with Crippen LogP contribution in [0.4, 0.5) is 30.6 Å². The van der Waals surface area contributed by atoms with Gasteiger partial charge in [0.2, 0.25) is 5.95 Å². The van der Waals surface area contributed by atoms with Crippen LogP contribution in [-0.4, -0.2) is 16.5 Å². The van der Waals surface area contributed by atoms with Gasteiger partial charge in [-0.25, -0.2) is 18.2 Å². The van der Waals surface area contributed by atoms with Gasteiger partial charge in [0.15, 0.2) is 11.6 Å². The molecule has 1 fully saturated rings. The summed E-state index contributed by atoms with van der Waals surface area (Å²) < 4.78 is 40.7. The van der Waals surface area contributed by atoms with Crippen molar-refractivity contribution in [2.45, 2.75) is 25.7 Å². The van der Waals surface area contributed by atoms with E-state index in [0.29, 0.717) is 18.4 Å². The molecule has 0 atom stereocenters. The van der Waals surface area contributed by atoms with E-state index in [1.54, 1.807) is 6.07 Å². The van der Waals surface area contributed by atoms with Crippen molar-refractivity contribution >= 4 is 17.5 Å². The van der Waals surface area contributed by atoms with Crippen LogP contribution in [0.5, 0.6) is 0 Å². The van der Waals surface area contributed by atoms with Gasteiger partial charge >= 0.3 is 0 Å². The molecule has 116 valence electrons. The highest BCUT2D eigenvalue weighted by molar-refractivity contribution is 5.59. The lowest BCUT2D eigenvalue weighted by atomic mass is 10.2. The maximum atomic E-state index is 13.7. The van der Waals surface area contributed by atoms with Crippen LogP contribution < -0.4 is 10.6 Å². The van der Waals surface area contributed by atoms with Crippen molar-refractivity contribution in [3.05, 3.63) is 41.3 Å². The number of halogens is 3. The molecule has 1 saturated carbocycles. The van der Waals surface area contributed by atoms with Crippen LogP contribution in [-0.2, 0) is 0 Å². The molecule has 1 aromatic heterocycles. The summed E-state index contributed by atoms with van der Waals surface area (Å²) in [5, 5.41) is 5.50. The summed E-state index contributed by atoms with van der Waals surface area (Å²) in [5.41, 5.74) is 0.258. The molecular weight excluding hydrogens is 293 g/mol. The van der Waals surface area contributed by atoms with E-state index in [9.17, 15) is 13.2 Å². The largest absolute Gasteiger partial charge is 0.354 e. The Hall–Kier alpha value is -2.31. The average molecular weight is 308 g/mol. The van der Waals surface area contributed by atoms with Gasteiger partial charge in [0, 0.05) is 18.5 Å². The highest BCUT2D eigenvalue weighted by Crippen LogP contribution is 2.40. The Balaban J connectivity index is 1.96. The van der Waals surface area contributed by atoms with Crippen molar-refractivity contribution in [1.82, 2.24) is 9.97 Å². The second-order valence-corrected chi connectivity index (χ2v) is 5.15. The van der Waals surface area contributed by atoms with Crippen molar-refractivity contribution in [1.29, 1.82) is 0 Å². The van der Waals surface area contributed by atoms with E-state index in [0.717, 1.165) is 30.7 Å². The molecule has 1 aliphatic rings. The SMILES string of the molecule is CCNc1nc(Nc2c(F)ccc(F)c2F)cc(C2CC2)n1. The van der Waals surface area contributed by atoms with Crippen LogP contribution >= 0.6 is 0 Å². The fourth-order valence-corrected chi connectivity index (χ4v) is 2.13. The summed E-state index contributed by atoms with van der Waals surface area (Å²) in [6.45, 7) is 2.52. The van der Waals surface area contributed by atoms with Gasteiger partial charge in [-0.3, -0.25) is 0 Å². The van der Waals surface area contributed by atoms with Gasteiger partial charge in [0.05, 0.1) is 5.69 Å². The summed E-state index contributed by atoms with van der Waals surface area (Å²) in [6.07, 6.45) is 2.06. The number of anilines is 3. The van der Waals surface area contributed by atoms with Crippen molar-refractivity contribution < 1.29 is 13.2 Å². The van der Waals surface area contributed by atoms with Gasteiger partial charge < -0.3 is 10.6 Å². The van der Waals surface area contributed by atoms with E-state index < -0.39 is 23.1 Å². The highest BCUT2D eigenvalue weighted by Gasteiger charge is 2.26. The molecule has 3 rings (SSSR count). The number of hydrogen-bond acceptors (Lipinski definition) is 4. The Morgan fingerprint density at radius 2 is 1.86 bits per heavy atom. The molecular formula is C15H15F3N4. The van der Waals surface area contributed by atoms with Crippen molar-refractivity contribution in [2.24, 2.45) is 0 Å². The smallest absolute Gasteiger partial charge is 0.224 e. The van der Waals surface area contributed by atoms with Gasteiger partial charge in [-0.15, -0.1) is 0 Å². The van der Waals surface area contributed by atoms with E-state index in [1.165, 1.54) is 0 Å². The molecule has 0 radical (unpaired) electrons. The number of aromatic nitrogens is 2. The Labute approximate surface area is 125 Å². The molecule has 0 amide bonds. The zero-order valence-corrected chi connectivity index (χ0v) is 12.0. The fourth-order valence-electron chi connectivity index (χ4n) is 2.13. The summed E-state index contributed by atoms with van der Waals surface area (Å²) >= 11 is 0. The zero-order chi connectivity index (χ0) is 15.7. The predicted octanol–water partition coefficient (Wildman–Crippen LogP) is 3.95. The van der Waals surface area contributed by atoms with Gasteiger partial charge in [-0.2, -0.15) is 4.98 Å². The van der Waals surface area contributed by atoms with Crippen LogP contribution in [0.15, 0.2) is 18.2 Å². The minimum Gasteiger partial charge on any atom is -0.354 e. The summed E-state index contributed by atoms with van der Waals surface area (Å²) in [5.74, 6) is -2.30. The lowest BCUT2D eigenvalue weighted by molar-refractivity contribution is 0.499. The fraction of sp³-hybridized carbons (Fsp3) is 0.333. The number of nitrogens with one attached hydrogen (secondary N) is 2. The summed E-state index contributed by atoms with van der Waals surface area (Å²) in [7, 11) is 0. The molecule has 0 saturated heterocycles. The third kappa shape index (κ3) is 2.98. The normalized spacial score (nSPS) is 14.0. The van der Waals surface area contributed by atoms with Gasteiger partial charge in [-0.1, -0.05) is 0 Å². The van der Waals surface area contributed by atoms with Crippen LogP contribution in [0.2, 0.25) is 0 Å². The van der Waals surface area contributed by atoms with E-state index in [-0.39, 0.29) is 5.82 Å². The minimum absolute atomic E-state index is 0.233. The lowest BCUT2D eigenvalue weighted by Crippen LogP contribution is -2.08. The molecule has 0 aliphatic heterocycles. The van der Waals surface area contributed by atoms with Crippen molar-refractivity contribution in [3.63, 3.8) is 0 Å². The van der Waals surface area contributed by atoms with Crippen LogP contribution in [0.3, 0.4) is 0 Å². The summed E-state index contributed by atoms with van der Waals surface area (Å²) in [6, 6.07) is 3.26. The zero-order valence-electron chi connectivity index (χ0n) is 12.0. The number of nitrogens with zero attached hydrogens (tertiary/aromatic N) is 2. The maximum absolute atomic E-state index is 13.7. The standard InChI is InChI=1S/C15H15F3N4/c1-2-19-15-20-11(8-3-4-8)7-12(22-15)21-14-10(17)6-5-9(16)13(14)18/h5-8H,2-4H2,1H3,(H2,19,20,21,22). The molecule has 7 heteroatoms. The monoisotopic (exact) mass is 308 g/mol. The topological polar surface area (TPSA) is 49.8 Å². The first-order valence-electron chi connectivity index (χ1n) is 7.12. The second kappa shape index (κ2) is 5.82. The third-order valence-corrected chi connectivity index (χ3v) is 3.37. The van der Waals surface area contributed by atoms with Gasteiger partial charge in [0.1, 0.15) is 17.3 Å². The van der Waals surface area contributed by atoms with E-state index >= 15 is 0 Å². The van der Waals surface area contributed by atoms with Crippen LogP contribution in [0.25, 0.3) is 0 Å². The van der Waals surface area contributed by atoms with E-state index in [2.05, 4.69) is 20.6 Å². The van der Waals surface area contributed by atoms with E-state index in [4.69, 9.17) is 0 Å². The quantitative estimate of drug-likeness (QED) is 0.821. The Bertz CT molecular complexity index is 701. The molecule has 1 aromatic carbocycles. The molecule has 1 heterocycles. The van der Waals surface area contributed by atoms with Gasteiger partial charge in [-0.05, 0) is 31.9 Å². The Kier molecular flexibility index (Phi) is 3.87. The number of rotatable bonds is 5. The predicted molar refractivity (Wildman–Crippen MR) is 77.8 cm³/mol. The Morgan fingerprint density at radius 3 is 2.55 bits per heavy atom. The molecule has 0 unspecified atom stereocenters. The third-order valence-electron chi connectivity index (χ3n) is 3.37. The maximum Gasteiger partial charge on any atom is 0.224 e. The molecule has 1 aliphatic carbocycles. The van der Waals surface area contributed by atoms with E-state index in [1.807, 2.05) is 6.92 Å². The number of benzene rings is 1. The molecule has 4 nitrogen and oxygen atoms in total. The first-order chi connectivity index (χ1) is 10.6. The van der Waals surface area contributed by atoms with Crippen LogP contribution in [0, 0.1) is 17.5 Å². The minimum atomic E-state index is -1.27. The highest BCUT2D eigenvalue weighted by atomic mass is 19.2. The molecule has 0 bridgehead atoms. The number of hydrogen-bond donors (Lipinski definition) is 2. The van der Waals surface area contributed by atoms with Gasteiger partial charge in [0.25, 0.3) is 0 Å². The molecule has 2 N–H and O–H groups in total. The first kappa shape index (κ1) is 14.6. The molecule has 22 heavy (non-hydrogen) atoms. The van der Waals surface area contributed by atoms with Crippen molar-refractivity contribution in [2.75, 3.05) is 17.2 Å². The molecule has 0 spiro atoms. The lowest BCUT2D eigenvalue weighted by Gasteiger charge is -2.11. The first-order valence-corrected chi connectivity index (χ1v) is 7.12. The Morgan fingerprint density at radius 1 is 1.14 bits per heavy atom. The van der Waals surface area contributed by atoms with Crippen LogP contribution in [0.1, 0.15) is 31.4 Å². The average Bonchev–Trinajstić information content (AvgIpc) is 3.33. The molecule has 2 aromatic rings. The van der Waals surface area contributed by atoms with Crippen molar-refractivity contribution in [3.8, 4) is 0 Å². The second-order valence-electron chi connectivity index (χ2n) is 5.15. The summed E-state index contributed by atoms with van der Waals surface area (Å²) in [4.78, 5) is 8.52.